The SMILES string of the molecule is C=C(CO)C(=O)Oc1ccc(C2(c3ccc(OC(=O)C(=C)CO)c(CC)c3)CCC(CCC3CCC(CCCCC)CC3)CC2)cc1CC. The molecule has 268 valence electrons. The quantitative estimate of drug-likeness (QED) is 0.0753. The van der Waals surface area contributed by atoms with Gasteiger partial charge in [-0.3, -0.25) is 0 Å². The second-order valence-corrected chi connectivity index (χ2v) is 14.6. The second-order valence-electron chi connectivity index (χ2n) is 14.6. The lowest BCUT2D eigenvalue weighted by Crippen LogP contribution is -2.33. The van der Waals surface area contributed by atoms with E-state index in [-0.39, 0.29) is 16.6 Å². The molecule has 0 unspecified atom stereocenters. The number of carbonyl (C=O) groups excluding carboxylic acids is 2. The maximum absolute atomic E-state index is 12.5. The zero-order valence-corrected chi connectivity index (χ0v) is 30.4. The summed E-state index contributed by atoms with van der Waals surface area (Å²) in [5.41, 5.74) is 4.08. The van der Waals surface area contributed by atoms with Gasteiger partial charge in [-0.05, 0) is 90.7 Å². The molecule has 6 heteroatoms. The molecule has 0 spiro atoms. The van der Waals surface area contributed by atoms with Gasteiger partial charge in [0.05, 0.1) is 24.4 Å². The highest BCUT2D eigenvalue weighted by Crippen LogP contribution is 2.49. The Morgan fingerprint density at radius 1 is 0.673 bits per heavy atom. The van der Waals surface area contributed by atoms with Crippen LogP contribution in [0.3, 0.4) is 0 Å². The first-order valence-corrected chi connectivity index (χ1v) is 19.0. The van der Waals surface area contributed by atoms with Gasteiger partial charge in [0.15, 0.2) is 0 Å². The predicted octanol–water partition coefficient (Wildman–Crippen LogP) is 9.36. The Kier molecular flexibility index (Phi) is 14.7. The van der Waals surface area contributed by atoms with E-state index in [0.29, 0.717) is 30.3 Å². The van der Waals surface area contributed by atoms with Crippen LogP contribution in [0, 0.1) is 17.8 Å². The molecule has 0 aliphatic heterocycles. The fourth-order valence-corrected chi connectivity index (χ4v) is 8.15. The van der Waals surface area contributed by atoms with Crippen LogP contribution < -0.4 is 9.47 Å². The van der Waals surface area contributed by atoms with Crippen LogP contribution in [0.4, 0.5) is 0 Å². The van der Waals surface area contributed by atoms with E-state index in [2.05, 4.69) is 58.2 Å². The van der Waals surface area contributed by atoms with E-state index in [4.69, 9.17) is 9.47 Å². The van der Waals surface area contributed by atoms with Crippen molar-refractivity contribution in [3.05, 3.63) is 83.0 Å². The summed E-state index contributed by atoms with van der Waals surface area (Å²) in [6.07, 6.45) is 19.5. The number of benzene rings is 2. The fraction of sp³-hybridized carbons (Fsp3) is 0.581. The lowest BCUT2D eigenvalue weighted by Gasteiger charge is -2.42. The van der Waals surface area contributed by atoms with Crippen molar-refractivity contribution >= 4 is 11.9 Å². The van der Waals surface area contributed by atoms with Crippen molar-refractivity contribution in [1.29, 1.82) is 0 Å². The molecule has 4 rings (SSSR count). The Labute approximate surface area is 295 Å². The van der Waals surface area contributed by atoms with Gasteiger partial charge in [-0.2, -0.15) is 0 Å². The maximum atomic E-state index is 12.5. The molecule has 0 amide bonds. The van der Waals surface area contributed by atoms with Crippen molar-refractivity contribution in [2.24, 2.45) is 17.8 Å². The molecule has 0 saturated heterocycles. The number of carbonyl (C=O) groups is 2. The largest absolute Gasteiger partial charge is 0.423 e. The van der Waals surface area contributed by atoms with Gasteiger partial charge in [0.25, 0.3) is 0 Å². The molecule has 2 saturated carbocycles. The van der Waals surface area contributed by atoms with E-state index >= 15 is 0 Å². The molecular formula is C43H60O6. The van der Waals surface area contributed by atoms with Gasteiger partial charge in [-0.15, -0.1) is 0 Å². The lowest BCUT2D eigenvalue weighted by atomic mass is 9.62. The van der Waals surface area contributed by atoms with E-state index in [1.807, 2.05) is 12.1 Å². The lowest BCUT2D eigenvalue weighted by molar-refractivity contribution is -0.131. The minimum atomic E-state index is -0.619. The Morgan fingerprint density at radius 3 is 1.51 bits per heavy atom. The summed E-state index contributed by atoms with van der Waals surface area (Å²) in [5.74, 6) is 2.29. The number of aliphatic hydroxyl groups excluding tert-OH is 2. The van der Waals surface area contributed by atoms with E-state index < -0.39 is 25.2 Å². The van der Waals surface area contributed by atoms with Crippen molar-refractivity contribution in [3.8, 4) is 11.5 Å². The molecule has 0 aromatic heterocycles. The van der Waals surface area contributed by atoms with Gasteiger partial charge in [0.2, 0.25) is 0 Å². The van der Waals surface area contributed by atoms with E-state index in [0.717, 1.165) is 48.6 Å². The third kappa shape index (κ3) is 9.94. The first kappa shape index (κ1) is 38.6. The Hall–Kier alpha value is -3.22. The molecule has 2 fully saturated rings. The predicted molar refractivity (Wildman–Crippen MR) is 197 cm³/mol. The average molecular weight is 673 g/mol. The van der Waals surface area contributed by atoms with Crippen LogP contribution in [0.5, 0.6) is 11.5 Å². The summed E-state index contributed by atoms with van der Waals surface area (Å²) in [6.45, 7) is 12.7. The number of hydrogen-bond acceptors (Lipinski definition) is 6. The molecule has 2 aliphatic rings. The van der Waals surface area contributed by atoms with Crippen LogP contribution >= 0.6 is 0 Å². The molecule has 6 nitrogen and oxygen atoms in total. The van der Waals surface area contributed by atoms with Gasteiger partial charge < -0.3 is 19.7 Å². The Morgan fingerprint density at radius 2 is 1.10 bits per heavy atom. The summed E-state index contributed by atoms with van der Waals surface area (Å²) in [5, 5.41) is 18.7. The van der Waals surface area contributed by atoms with Crippen LogP contribution in [-0.4, -0.2) is 35.4 Å². The first-order valence-electron chi connectivity index (χ1n) is 19.0. The van der Waals surface area contributed by atoms with E-state index in [1.54, 1.807) is 0 Å². The Balaban J connectivity index is 1.55. The first-order chi connectivity index (χ1) is 23.7. The number of unbranched alkanes of at least 4 members (excludes halogenated alkanes) is 2. The number of esters is 2. The fourth-order valence-electron chi connectivity index (χ4n) is 8.15. The van der Waals surface area contributed by atoms with Crippen molar-refractivity contribution in [3.63, 3.8) is 0 Å². The molecule has 2 aliphatic carbocycles. The van der Waals surface area contributed by atoms with Crippen molar-refractivity contribution < 1.29 is 29.3 Å². The zero-order valence-electron chi connectivity index (χ0n) is 30.4. The highest BCUT2D eigenvalue weighted by molar-refractivity contribution is 5.90. The number of aliphatic hydroxyl groups is 2. The smallest absolute Gasteiger partial charge is 0.341 e. The molecule has 2 aromatic rings. The number of hydrogen-bond donors (Lipinski definition) is 2. The number of ether oxygens (including phenoxy) is 2. The van der Waals surface area contributed by atoms with Crippen LogP contribution in [0.1, 0.15) is 133 Å². The van der Waals surface area contributed by atoms with Gasteiger partial charge in [-0.1, -0.05) is 122 Å². The van der Waals surface area contributed by atoms with Gasteiger partial charge >= 0.3 is 11.9 Å². The average Bonchev–Trinajstić information content (AvgIpc) is 3.14. The molecule has 0 radical (unpaired) electrons. The maximum Gasteiger partial charge on any atom is 0.341 e. The van der Waals surface area contributed by atoms with Crippen molar-refractivity contribution in [1.82, 2.24) is 0 Å². The summed E-state index contributed by atoms with van der Waals surface area (Å²) in [4.78, 5) is 24.9. The normalized spacial score (nSPS) is 19.3. The Bertz CT molecular complexity index is 1340. The monoisotopic (exact) mass is 672 g/mol. The summed E-state index contributed by atoms with van der Waals surface area (Å²) in [6, 6.07) is 12.3. The van der Waals surface area contributed by atoms with Gasteiger partial charge in [-0.25, -0.2) is 9.59 Å². The van der Waals surface area contributed by atoms with E-state index in [1.165, 1.54) is 75.3 Å². The molecule has 0 heterocycles. The third-order valence-electron chi connectivity index (χ3n) is 11.5. The van der Waals surface area contributed by atoms with Crippen LogP contribution in [0.25, 0.3) is 0 Å². The molecule has 2 N–H and O–H groups in total. The van der Waals surface area contributed by atoms with E-state index in [9.17, 15) is 19.8 Å². The molecule has 2 aromatic carbocycles. The highest BCUT2D eigenvalue weighted by atomic mass is 16.5. The third-order valence-corrected chi connectivity index (χ3v) is 11.5. The minimum Gasteiger partial charge on any atom is -0.423 e. The topological polar surface area (TPSA) is 93.1 Å². The number of rotatable bonds is 17. The highest BCUT2D eigenvalue weighted by Gasteiger charge is 2.39. The minimum absolute atomic E-state index is 0.0244. The summed E-state index contributed by atoms with van der Waals surface area (Å²) in [7, 11) is 0. The van der Waals surface area contributed by atoms with Crippen molar-refractivity contribution in [2.75, 3.05) is 13.2 Å². The van der Waals surface area contributed by atoms with Crippen LogP contribution in [0.15, 0.2) is 60.7 Å². The second kappa shape index (κ2) is 18.7. The number of aryl methyl sites for hydroxylation is 2. The van der Waals surface area contributed by atoms with Gasteiger partial charge in [0, 0.05) is 5.41 Å². The zero-order chi connectivity index (χ0) is 35.4. The van der Waals surface area contributed by atoms with Crippen molar-refractivity contribution in [2.45, 2.75) is 129 Å². The van der Waals surface area contributed by atoms with Crippen LogP contribution in [-0.2, 0) is 27.8 Å². The van der Waals surface area contributed by atoms with Gasteiger partial charge in [0.1, 0.15) is 11.5 Å². The molecule has 49 heavy (non-hydrogen) atoms. The molecule has 0 atom stereocenters. The van der Waals surface area contributed by atoms with Crippen LogP contribution in [0.2, 0.25) is 0 Å². The summed E-state index contributed by atoms with van der Waals surface area (Å²) < 4.78 is 11.3. The molecular weight excluding hydrogens is 612 g/mol. The standard InChI is InChI=1S/C43H60O6/c1-6-9-10-11-32-12-14-33(15-13-32)16-17-34-22-24-43(25-23-34,37-18-20-39(35(7-2)26-37)48-41(46)30(4)28-44)38-19-21-40(36(8-3)27-38)49-42(47)31(5)29-45/h18-21,26-27,32-34,44-45H,4-17,22-25,28-29H2,1-3H3. The molecule has 0 bridgehead atoms. The summed E-state index contributed by atoms with van der Waals surface area (Å²) >= 11 is 0.